The molecule has 2 saturated carbocycles. The molecular formula is C19H26N2O2. The van der Waals surface area contributed by atoms with Crippen LogP contribution >= 0.6 is 0 Å². The van der Waals surface area contributed by atoms with Crippen molar-refractivity contribution in [3.63, 3.8) is 0 Å². The van der Waals surface area contributed by atoms with E-state index in [2.05, 4.69) is 10.6 Å². The minimum absolute atomic E-state index is 0.0670. The van der Waals surface area contributed by atoms with E-state index in [1.165, 1.54) is 25.7 Å². The van der Waals surface area contributed by atoms with Crippen LogP contribution in [0.25, 0.3) is 0 Å². The molecular weight excluding hydrogens is 288 g/mol. The zero-order valence-electron chi connectivity index (χ0n) is 13.8. The van der Waals surface area contributed by atoms with Gasteiger partial charge in [-0.05, 0) is 61.6 Å². The highest BCUT2D eigenvalue weighted by Crippen LogP contribution is 2.49. The van der Waals surface area contributed by atoms with E-state index in [1.54, 1.807) is 6.07 Å². The topological polar surface area (TPSA) is 58.2 Å². The number of carbonyl (C=O) groups excluding carboxylic acids is 2. The second kappa shape index (κ2) is 7.16. The van der Waals surface area contributed by atoms with Crippen molar-refractivity contribution < 1.29 is 9.59 Å². The second-order valence-corrected chi connectivity index (χ2v) is 6.98. The second-order valence-electron chi connectivity index (χ2n) is 6.98. The molecule has 3 atom stereocenters. The number of hydrogen-bond acceptors (Lipinski definition) is 2. The lowest BCUT2D eigenvalue weighted by Gasteiger charge is -2.20. The van der Waals surface area contributed by atoms with Crippen LogP contribution in [0, 0.1) is 17.8 Å². The summed E-state index contributed by atoms with van der Waals surface area (Å²) in [6.07, 6.45) is 5.93. The molecule has 1 aromatic carbocycles. The van der Waals surface area contributed by atoms with Crippen LogP contribution in [-0.2, 0) is 11.3 Å². The Hall–Kier alpha value is -1.84. The van der Waals surface area contributed by atoms with Gasteiger partial charge in [-0.25, -0.2) is 0 Å². The first-order valence-electron chi connectivity index (χ1n) is 8.79. The molecule has 4 nitrogen and oxygen atoms in total. The average Bonchev–Trinajstić information content (AvgIpc) is 3.16. The van der Waals surface area contributed by atoms with E-state index in [1.807, 2.05) is 25.1 Å². The van der Waals surface area contributed by atoms with E-state index in [-0.39, 0.29) is 11.8 Å². The monoisotopic (exact) mass is 314 g/mol. The molecule has 2 aliphatic rings. The molecule has 0 aromatic heterocycles. The van der Waals surface area contributed by atoms with Gasteiger partial charge in [-0.15, -0.1) is 0 Å². The maximum atomic E-state index is 12.2. The van der Waals surface area contributed by atoms with Crippen LogP contribution in [0.2, 0.25) is 0 Å². The van der Waals surface area contributed by atoms with Gasteiger partial charge in [0, 0.05) is 25.1 Å². The quantitative estimate of drug-likeness (QED) is 0.848. The van der Waals surface area contributed by atoms with Gasteiger partial charge in [-0.3, -0.25) is 9.59 Å². The van der Waals surface area contributed by atoms with Gasteiger partial charge in [0.05, 0.1) is 0 Å². The first-order chi connectivity index (χ1) is 11.2. The van der Waals surface area contributed by atoms with Crippen LogP contribution in [0.1, 0.15) is 54.9 Å². The molecule has 0 saturated heterocycles. The maximum Gasteiger partial charge on any atom is 0.251 e. The van der Waals surface area contributed by atoms with Crippen LogP contribution in [-0.4, -0.2) is 18.4 Å². The fourth-order valence-corrected chi connectivity index (χ4v) is 4.22. The predicted molar refractivity (Wildman–Crippen MR) is 89.9 cm³/mol. The lowest BCUT2D eigenvalue weighted by atomic mass is 9.86. The van der Waals surface area contributed by atoms with Crippen molar-refractivity contribution in [2.45, 2.75) is 45.6 Å². The number of hydrogen-bond donors (Lipinski definition) is 2. The summed E-state index contributed by atoms with van der Waals surface area (Å²) in [6.45, 7) is 3.01. The van der Waals surface area contributed by atoms with Crippen LogP contribution in [0.5, 0.6) is 0 Å². The van der Waals surface area contributed by atoms with Crippen LogP contribution in [0.3, 0.4) is 0 Å². The van der Waals surface area contributed by atoms with Crippen LogP contribution < -0.4 is 10.6 Å². The largest absolute Gasteiger partial charge is 0.352 e. The maximum absolute atomic E-state index is 12.2. The third-order valence-electron chi connectivity index (χ3n) is 5.35. The number of amides is 2. The Morgan fingerprint density at radius 2 is 2.04 bits per heavy atom. The van der Waals surface area contributed by atoms with Gasteiger partial charge in [-0.1, -0.05) is 18.6 Å². The Balaban J connectivity index is 1.49. The molecule has 2 aliphatic carbocycles. The lowest BCUT2D eigenvalue weighted by Crippen LogP contribution is -2.27. The lowest BCUT2D eigenvalue weighted by molar-refractivity contribution is -0.122. The number of carbonyl (C=O) groups is 2. The summed E-state index contributed by atoms with van der Waals surface area (Å²) in [4.78, 5) is 24.0. The fourth-order valence-electron chi connectivity index (χ4n) is 4.22. The highest BCUT2D eigenvalue weighted by Gasteiger charge is 2.39. The summed E-state index contributed by atoms with van der Waals surface area (Å²) in [6, 6.07) is 7.46. The Kier molecular flexibility index (Phi) is 4.99. The van der Waals surface area contributed by atoms with Gasteiger partial charge in [-0.2, -0.15) is 0 Å². The number of fused-ring (bicyclic) bond motifs is 2. The SMILES string of the molecule is CCNC(=O)c1cccc(CNC(=O)CC2CC3CCC2C3)c1. The molecule has 23 heavy (non-hydrogen) atoms. The molecule has 2 bridgehead atoms. The first-order valence-corrected chi connectivity index (χ1v) is 8.79. The summed E-state index contributed by atoms with van der Waals surface area (Å²) in [7, 11) is 0. The predicted octanol–water partition coefficient (Wildman–Crippen LogP) is 2.88. The van der Waals surface area contributed by atoms with Crippen molar-refractivity contribution in [2.24, 2.45) is 17.8 Å². The summed E-state index contributed by atoms with van der Waals surface area (Å²) in [5, 5.41) is 5.80. The Bertz CT molecular complexity index is 584. The molecule has 1 aromatic rings. The Morgan fingerprint density at radius 1 is 1.17 bits per heavy atom. The van der Waals surface area contributed by atoms with E-state index in [0.29, 0.717) is 31.0 Å². The van der Waals surface area contributed by atoms with Gasteiger partial charge in [0.15, 0.2) is 0 Å². The van der Waals surface area contributed by atoms with E-state index in [0.717, 1.165) is 17.4 Å². The van der Waals surface area contributed by atoms with Gasteiger partial charge >= 0.3 is 0 Å². The van der Waals surface area contributed by atoms with Gasteiger partial charge in [0.2, 0.25) is 5.91 Å². The molecule has 4 heteroatoms. The summed E-state index contributed by atoms with van der Waals surface area (Å²) >= 11 is 0. The highest BCUT2D eigenvalue weighted by molar-refractivity contribution is 5.94. The molecule has 124 valence electrons. The van der Waals surface area contributed by atoms with Crippen molar-refractivity contribution in [2.75, 3.05) is 6.54 Å². The molecule has 0 heterocycles. The zero-order chi connectivity index (χ0) is 16.2. The Labute approximate surface area is 138 Å². The normalized spacial score (nSPS) is 25.3. The molecule has 2 amide bonds. The molecule has 0 aliphatic heterocycles. The number of benzene rings is 1. The van der Waals surface area contributed by atoms with E-state index < -0.39 is 0 Å². The van der Waals surface area contributed by atoms with Gasteiger partial charge in [0.25, 0.3) is 5.91 Å². The molecule has 2 fully saturated rings. The molecule has 3 rings (SSSR count). The standard InChI is InChI=1S/C19H26N2O2/c1-2-20-19(23)16-5-3-4-14(10-16)12-21-18(22)11-17-9-13-6-7-15(17)8-13/h3-5,10,13,15,17H,2,6-9,11-12H2,1H3,(H,20,23)(H,21,22). The highest BCUT2D eigenvalue weighted by atomic mass is 16.2. The average molecular weight is 314 g/mol. The minimum atomic E-state index is -0.0670. The minimum Gasteiger partial charge on any atom is -0.352 e. The molecule has 2 N–H and O–H groups in total. The van der Waals surface area contributed by atoms with Crippen LogP contribution in [0.15, 0.2) is 24.3 Å². The van der Waals surface area contributed by atoms with Crippen molar-refractivity contribution in [3.05, 3.63) is 35.4 Å². The van der Waals surface area contributed by atoms with E-state index in [9.17, 15) is 9.59 Å². The van der Waals surface area contributed by atoms with E-state index >= 15 is 0 Å². The molecule has 0 spiro atoms. The number of nitrogens with one attached hydrogen (secondary N) is 2. The van der Waals surface area contributed by atoms with Crippen LogP contribution in [0.4, 0.5) is 0 Å². The number of rotatable bonds is 6. The van der Waals surface area contributed by atoms with Gasteiger partial charge < -0.3 is 10.6 Å². The fraction of sp³-hybridized carbons (Fsp3) is 0.579. The summed E-state index contributed by atoms with van der Waals surface area (Å²) in [5.74, 6) is 2.34. The smallest absolute Gasteiger partial charge is 0.251 e. The third-order valence-corrected chi connectivity index (χ3v) is 5.35. The molecule has 0 radical (unpaired) electrons. The van der Waals surface area contributed by atoms with Crippen molar-refractivity contribution in [1.29, 1.82) is 0 Å². The van der Waals surface area contributed by atoms with E-state index in [4.69, 9.17) is 0 Å². The zero-order valence-corrected chi connectivity index (χ0v) is 13.8. The van der Waals surface area contributed by atoms with Crippen molar-refractivity contribution >= 4 is 11.8 Å². The van der Waals surface area contributed by atoms with Crippen molar-refractivity contribution in [3.8, 4) is 0 Å². The first kappa shape index (κ1) is 16.0. The van der Waals surface area contributed by atoms with Crippen molar-refractivity contribution in [1.82, 2.24) is 10.6 Å². The van der Waals surface area contributed by atoms with Gasteiger partial charge in [0.1, 0.15) is 0 Å². The summed E-state index contributed by atoms with van der Waals surface area (Å²) < 4.78 is 0. The third kappa shape index (κ3) is 3.92. The molecule has 3 unspecified atom stereocenters. The summed E-state index contributed by atoms with van der Waals surface area (Å²) in [5.41, 5.74) is 1.61. The Morgan fingerprint density at radius 3 is 2.74 bits per heavy atom.